The van der Waals surface area contributed by atoms with E-state index in [1.54, 1.807) is 21.7 Å². The summed E-state index contributed by atoms with van der Waals surface area (Å²) < 4.78 is 30.5. The predicted molar refractivity (Wildman–Crippen MR) is 117 cm³/mol. The monoisotopic (exact) mass is 471 g/mol. The Hall–Kier alpha value is -1.63. The van der Waals surface area contributed by atoms with Crippen molar-refractivity contribution in [2.24, 2.45) is 0 Å². The van der Waals surface area contributed by atoms with Crippen LogP contribution in [0.25, 0.3) is 0 Å². The van der Waals surface area contributed by atoms with Crippen LogP contribution in [0.4, 0.5) is 0 Å². The van der Waals surface area contributed by atoms with E-state index in [1.165, 1.54) is 15.1 Å². The molecule has 2 aromatic rings. The number of hydrogen-bond donors (Lipinski definition) is 1. The van der Waals surface area contributed by atoms with Gasteiger partial charge in [0.15, 0.2) is 0 Å². The molecule has 1 amide bonds. The van der Waals surface area contributed by atoms with Crippen molar-refractivity contribution in [1.29, 1.82) is 0 Å². The first-order valence-corrected chi connectivity index (χ1v) is 13.6. The highest BCUT2D eigenvalue weighted by molar-refractivity contribution is 7.99. The molecule has 1 N–H and O–H groups in total. The minimum Gasteiger partial charge on any atom is -0.351 e. The average molecular weight is 472 g/mol. The van der Waals surface area contributed by atoms with Crippen molar-refractivity contribution in [3.8, 4) is 0 Å². The van der Waals surface area contributed by atoms with Crippen molar-refractivity contribution in [3.63, 3.8) is 0 Å². The number of carbonyl (C=O) groups is 1. The molecule has 2 aliphatic heterocycles. The highest BCUT2D eigenvalue weighted by atomic mass is 32.2. The van der Waals surface area contributed by atoms with Crippen LogP contribution >= 0.6 is 23.1 Å². The summed E-state index contributed by atoms with van der Waals surface area (Å²) in [5.74, 6) is 1.97. The molecule has 30 heavy (non-hydrogen) atoms. The molecule has 0 radical (unpaired) electrons. The number of nitrogens with one attached hydrogen (secondary N) is 1. The van der Waals surface area contributed by atoms with Gasteiger partial charge in [-0.2, -0.15) is 21.2 Å². The Morgan fingerprint density at radius 1 is 1.20 bits per heavy atom. The third-order valence-electron chi connectivity index (χ3n) is 5.29. The van der Waals surface area contributed by atoms with Gasteiger partial charge < -0.3 is 5.32 Å². The van der Waals surface area contributed by atoms with Gasteiger partial charge in [0.25, 0.3) is 5.91 Å². The quantitative estimate of drug-likeness (QED) is 0.604. The summed E-state index contributed by atoms with van der Waals surface area (Å²) in [6.07, 6.45) is 3.41. The summed E-state index contributed by atoms with van der Waals surface area (Å²) in [5.41, 5.74) is -0.0950. The Bertz CT molecular complexity index is 1070. The first-order valence-electron chi connectivity index (χ1n) is 10.1. The van der Waals surface area contributed by atoms with Gasteiger partial charge in [0.2, 0.25) is 10.0 Å². The molecule has 1 fully saturated rings. The van der Waals surface area contributed by atoms with E-state index >= 15 is 0 Å². The molecule has 0 unspecified atom stereocenters. The van der Waals surface area contributed by atoms with Gasteiger partial charge in [-0.3, -0.25) is 9.36 Å². The van der Waals surface area contributed by atoms with Crippen LogP contribution < -0.4 is 11.0 Å². The molecule has 1 saturated heterocycles. The van der Waals surface area contributed by atoms with E-state index in [0.29, 0.717) is 32.6 Å². The maximum absolute atomic E-state index is 12.9. The fourth-order valence-electron chi connectivity index (χ4n) is 3.70. The van der Waals surface area contributed by atoms with E-state index in [1.807, 2.05) is 0 Å². The minimum absolute atomic E-state index is 0.0786. The van der Waals surface area contributed by atoms with E-state index < -0.39 is 15.9 Å². The molecule has 0 aliphatic carbocycles. The van der Waals surface area contributed by atoms with Crippen LogP contribution in [-0.4, -0.2) is 64.1 Å². The second kappa shape index (κ2) is 9.25. The molecule has 2 aliphatic rings. The Balaban J connectivity index is 1.35. The smallest absolute Gasteiger partial charge is 0.345 e. The van der Waals surface area contributed by atoms with Gasteiger partial charge in [-0.1, -0.05) is 0 Å². The number of rotatable bonds is 7. The Morgan fingerprint density at radius 2 is 2.00 bits per heavy atom. The SMILES string of the molecule is O=C(NCCCn1nc2n(c1=O)CCCC2)c1sccc1S(=O)(=O)N1CCSCC1. The van der Waals surface area contributed by atoms with Gasteiger partial charge in [0.05, 0.1) is 0 Å². The number of aromatic nitrogens is 3. The fourth-order valence-corrected chi connectivity index (χ4v) is 7.59. The lowest BCUT2D eigenvalue weighted by Gasteiger charge is -2.25. The zero-order valence-corrected chi connectivity index (χ0v) is 19.0. The lowest BCUT2D eigenvalue weighted by atomic mass is 10.2. The van der Waals surface area contributed by atoms with Crippen molar-refractivity contribution >= 4 is 39.0 Å². The molecule has 0 atom stereocenters. The summed E-state index contributed by atoms with van der Waals surface area (Å²) in [4.78, 5) is 25.2. The Labute approximate surface area is 183 Å². The molecule has 4 rings (SSSR count). The molecule has 0 bridgehead atoms. The largest absolute Gasteiger partial charge is 0.351 e. The Morgan fingerprint density at radius 3 is 2.77 bits per heavy atom. The lowest BCUT2D eigenvalue weighted by molar-refractivity contribution is 0.0953. The van der Waals surface area contributed by atoms with E-state index in [4.69, 9.17) is 0 Å². The normalized spacial score (nSPS) is 17.6. The molecule has 4 heterocycles. The average Bonchev–Trinajstić information content (AvgIpc) is 3.38. The standard InChI is InChI=1S/C18H25N5O4S3/c24-17(16-14(5-11-29-16)30(26,27)21-9-12-28-13-10-21)19-6-3-8-23-18(25)22-7-2-1-4-15(22)20-23/h5,11H,1-4,6-10,12-13H2,(H,19,24). The molecule has 0 spiro atoms. The van der Waals surface area contributed by atoms with E-state index in [9.17, 15) is 18.0 Å². The predicted octanol–water partition coefficient (Wildman–Crippen LogP) is 1.00. The third-order valence-corrected chi connectivity index (χ3v) is 9.21. The molecule has 164 valence electrons. The molecule has 0 aromatic carbocycles. The second-order valence-corrected chi connectivity index (χ2v) is 11.3. The number of fused-ring (bicyclic) bond motifs is 1. The van der Waals surface area contributed by atoms with Gasteiger partial charge in [-0.15, -0.1) is 11.3 Å². The molecular weight excluding hydrogens is 446 g/mol. The van der Waals surface area contributed by atoms with Crippen LogP contribution in [0.15, 0.2) is 21.1 Å². The van der Waals surface area contributed by atoms with Crippen LogP contribution in [0.2, 0.25) is 0 Å². The summed E-state index contributed by atoms with van der Waals surface area (Å²) in [7, 11) is -3.66. The summed E-state index contributed by atoms with van der Waals surface area (Å²) in [5, 5.41) is 8.81. The number of aryl methyl sites for hydroxylation is 2. The third kappa shape index (κ3) is 4.36. The van der Waals surface area contributed by atoms with Gasteiger partial charge in [0, 0.05) is 50.7 Å². The van der Waals surface area contributed by atoms with Crippen molar-refractivity contribution in [3.05, 3.63) is 32.6 Å². The van der Waals surface area contributed by atoms with Crippen molar-refractivity contribution in [2.75, 3.05) is 31.1 Å². The van der Waals surface area contributed by atoms with Gasteiger partial charge >= 0.3 is 5.69 Å². The number of thiophene rings is 1. The van der Waals surface area contributed by atoms with Gasteiger partial charge in [0.1, 0.15) is 15.6 Å². The van der Waals surface area contributed by atoms with Crippen LogP contribution in [0.5, 0.6) is 0 Å². The molecule has 9 nitrogen and oxygen atoms in total. The zero-order chi connectivity index (χ0) is 21.1. The molecule has 2 aromatic heterocycles. The van der Waals surface area contributed by atoms with E-state index in [0.717, 1.165) is 54.5 Å². The van der Waals surface area contributed by atoms with Gasteiger partial charge in [-0.25, -0.2) is 17.9 Å². The Kier molecular flexibility index (Phi) is 6.66. The van der Waals surface area contributed by atoms with E-state index in [2.05, 4.69) is 10.4 Å². The molecule has 12 heteroatoms. The number of amides is 1. The maximum Gasteiger partial charge on any atom is 0.345 e. The molecule has 0 saturated carbocycles. The second-order valence-electron chi connectivity index (χ2n) is 7.27. The van der Waals surface area contributed by atoms with Crippen molar-refractivity contribution in [2.45, 2.75) is 43.7 Å². The molecular formula is C18H25N5O4S3. The number of thioether (sulfide) groups is 1. The van der Waals surface area contributed by atoms with Crippen LogP contribution in [-0.2, 0) is 29.5 Å². The number of carbonyl (C=O) groups excluding carboxylic acids is 1. The summed E-state index contributed by atoms with van der Waals surface area (Å²) in [6.45, 7) is 2.40. The zero-order valence-electron chi connectivity index (χ0n) is 16.6. The van der Waals surface area contributed by atoms with Crippen molar-refractivity contribution in [1.82, 2.24) is 24.0 Å². The maximum atomic E-state index is 12.9. The highest BCUT2D eigenvalue weighted by Crippen LogP contribution is 2.27. The van der Waals surface area contributed by atoms with Gasteiger partial charge in [-0.05, 0) is 30.7 Å². The fraction of sp³-hybridized carbons (Fsp3) is 0.611. The van der Waals surface area contributed by atoms with Crippen molar-refractivity contribution < 1.29 is 13.2 Å². The number of hydrogen-bond acceptors (Lipinski definition) is 7. The number of sulfonamides is 1. The minimum atomic E-state index is -3.66. The first-order chi connectivity index (χ1) is 14.5. The topological polar surface area (TPSA) is 106 Å². The van der Waals surface area contributed by atoms with Crippen LogP contribution in [0, 0.1) is 0 Å². The first kappa shape index (κ1) is 21.6. The van der Waals surface area contributed by atoms with E-state index in [-0.39, 0.29) is 15.5 Å². The lowest BCUT2D eigenvalue weighted by Crippen LogP contribution is -2.38. The van der Waals surface area contributed by atoms with Crippen LogP contribution in [0.1, 0.15) is 34.8 Å². The summed E-state index contributed by atoms with van der Waals surface area (Å²) >= 11 is 2.86. The van der Waals surface area contributed by atoms with Crippen LogP contribution in [0.3, 0.4) is 0 Å². The highest BCUT2D eigenvalue weighted by Gasteiger charge is 2.31. The number of nitrogens with zero attached hydrogens (tertiary/aromatic N) is 4. The summed E-state index contributed by atoms with van der Waals surface area (Å²) in [6, 6.07) is 1.51.